The number of primary amides is 1. The number of rotatable bonds is 5. The Morgan fingerprint density at radius 3 is 2.30 bits per heavy atom. The number of hydrogen-bond donors (Lipinski definition) is 2. The average molecular weight is 425 g/mol. The molecular formula is C22H21FN4O2S. The van der Waals surface area contributed by atoms with Crippen LogP contribution in [0.1, 0.15) is 25.7 Å². The third-order valence-corrected chi connectivity index (χ3v) is 7.64. The second kappa shape index (κ2) is 7.95. The summed E-state index contributed by atoms with van der Waals surface area (Å²) in [6.45, 7) is 0. The number of carbonyl (C=O) groups excluding carboxylic acids is 1. The van der Waals surface area contributed by atoms with E-state index in [9.17, 15) is 13.4 Å². The van der Waals surface area contributed by atoms with Gasteiger partial charge in [-0.05, 0) is 36.1 Å². The first-order chi connectivity index (χ1) is 14.4. The lowest BCUT2D eigenvalue weighted by atomic mass is 10.0. The van der Waals surface area contributed by atoms with Gasteiger partial charge in [-0.3, -0.25) is 9.00 Å². The Hall–Kier alpha value is -3.13. The smallest absolute Gasteiger partial charge is 0.236 e. The van der Waals surface area contributed by atoms with Crippen molar-refractivity contribution in [3.8, 4) is 22.3 Å². The molecule has 0 spiro atoms. The molecule has 1 fully saturated rings. The molecule has 0 aliphatic heterocycles. The minimum atomic E-state index is -1.64. The van der Waals surface area contributed by atoms with E-state index in [0.29, 0.717) is 40.0 Å². The van der Waals surface area contributed by atoms with Gasteiger partial charge >= 0.3 is 0 Å². The molecule has 1 aliphatic carbocycles. The molecule has 1 heterocycles. The van der Waals surface area contributed by atoms with E-state index in [1.165, 1.54) is 18.5 Å². The minimum absolute atomic E-state index is 0.113. The van der Waals surface area contributed by atoms with Crippen LogP contribution in [0.2, 0.25) is 0 Å². The van der Waals surface area contributed by atoms with Crippen LogP contribution >= 0.6 is 0 Å². The van der Waals surface area contributed by atoms with Crippen LogP contribution in [0.5, 0.6) is 0 Å². The second-order valence-corrected chi connectivity index (χ2v) is 9.11. The molecule has 2 aromatic carbocycles. The van der Waals surface area contributed by atoms with E-state index < -0.39 is 27.3 Å². The molecule has 1 atom stereocenters. The summed E-state index contributed by atoms with van der Waals surface area (Å²) in [6, 6.07) is 11.8. The lowest BCUT2D eigenvalue weighted by molar-refractivity contribution is -0.120. The molecule has 1 aromatic heterocycles. The van der Waals surface area contributed by atoms with Crippen LogP contribution in [0.25, 0.3) is 22.3 Å². The van der Waals surface area contributed by atoms with Crippen molar-refractivity contribution in [1.82, 2.24) is 9.97 Å². The van der Waals surface area contributed by atoms with E-state index in [0.717, 1.165) is 12.8 Å². The fourth-order valence-corrected chi connectivity index (χ4v) is 5.79. The molecule has 30 heavy (non-hydrogen) atoms. The first kappa shape index (κ1) is 20.2. The third kappa shape index (κ3) is 3.47. The topological polar surface area (TPSA) is 112 Å². The largest absolute Gasteiger partial charge is 0.368 e. The summed E-state index contributed by atoms with van der Waals surface area (Å²) in [5.41, 5.74) is 13.2. The molecule has 0 bridgehead atoms. The maximum Gasteiger partial charge on any atom is 0.236 e. The Bertz CT molecular complexity index is 1130. The number of aromatic nitrogens is 2. The van der Waals surface area contributed by atoms with Gasteiger partial charge in [0.15, 0.2) is 0 Å². The van der Waals surface area contributed by atoms with Crippen LogP contribution in [0, 0.1) is 5.82 Å². The lowest BCUT2D eigenvalue weighted by Gasteiger charge is -2.25. The molecule has 4 rings (SSSR count). The fraction of sp³-hybridized carbons (Fsp3) is 0.227. The van der Waals surface area contributed by atoms with E-state index in [2.05, 4.69) is 9.97 Å². The van der Waals surface area contributed by atoms with Crippen molar-refractivity contribution in [3.63, 3.8) is 0 Å². The number of anilines is 1. The zero-order valence-corrected chi connectivity index (χ0v) is 17.0. The molecule has 4 N–H and O–H groups in total. The van der Waals surface area contributed by atoms with Gasteiger partial charge in [-0.25, -0.2) is 14.4 Å². The number of nitrogen functional groups attached to an aromatic ring is 1. The van der Waals surface area contributed by atoms with Gasteiger partial charge in [-0.2, -0.15) is 0 Å². The molecule has 1 amide bonds. The summed E-state index contributed by atoms with van der Waals surface area (Å²) in [6.07, 6.45) is 5.52. The summed E-state index contributed by atoms with van der Waals surface area (Å²) in [5.74, 6) is -0.896. The van der Waals surface area contributed by atoms with E-state index >= 15 is 0 Å². The van der Waals surface area contributed by atoms with Crippen LogP contribution < -0.4 is 11.5 Å². The highest BCUT2D eigenvalue weighted by Gasteiger charge is 2.46. The maximum atomic E-state index is 14.9. The van der Waals surface area contributed by atoms with E-state index in [1.54, 1.807) is 36.4 Å². The predicted octanol–water partition coefficient (Wildman–Crippen LogP) is 3.44. The molecule has 8 heteroatoms. The highest BCUT2D eigenvalue weighted by molar-refractivity contribution is 7.87. The number of carbonyl (C=O) groups is 1. The van der Waals surface area contributed by atoms with Gasteiger partial charge in [0.2, 0.25) is 11.9 Å². The highest BCUT2D eigenvalue weighted by atomic mass is 32.2. The second-order valence-electron chi connectivity index (χ2n) is 7.36. The number of nitrogens with two attached hydrogens (primary N) is 2. The molecule has 0 radical (unpaired) electrons. The van der Waals surface area contributed by atoms with Gasteiger partial charge in [0, 0.05) is 28.4 Å². The van der Waals surface area contributed by atoms with Gasteiger partial charge < -0.3 is 11.5 Å². The van der Waals surface area contributed by atoms with Crippen LogP contribution in [0.15, 0.2) is 59.8 Å². The molecule has 6 nitrogen and oxygen atoms in total. The van der Waals surface area contributed by atoms with Crippen LogP contribution in [-0.2, 0) is 15.6 Å². The van der Waals surface area contributed by atoms with Gasteiger partial charge in [-0.1, -0.05) is 43.2 Å². The van der Waals surface area contributed by atoms with Crippen molar-refractivity contribution in [2.45, 2.75) is 35.3 Å². The van der Waals surface area contributed by atoms with Crippen molar-refractivity contribution >= 4 is 22.7 Å². The fourth-order valence-electron chi connectivity index (χ4n) is 3.94. The lowest BCUT2D eigenvalue weighted by Crippen LogP contribution is -2.45. The maximum absolute atomic E-state index is 14.9. The molecule has 3 aromatic rings. The van der Waals surface area contributed by atoms with Gasteiger partial charge in [-0.15, -0.1) is 0 Å². The highest BCUT2D eigenvalue weighted by Crippen LogP contribution is 2.41. The minimum Gasteiger partial charge on any atom is -0.368 e. The third-order valence-electron chi connectivity index (χ3n) is 5.56. The van der Waals surface area contributed by atoms with Gasteiger partial charge in [0.1, 0.15) is 10.6 Å². The molecule has 1 aliphatic rings. The summed E-state index contributed by atoms with van der Waals surface area (Å²) in [5, 5.41) is 0. The Labute approximate surface area is 176 Å². The van der Waals surface area contributed by atoms with Gasteiger partial charge in [0.25, 0.3) is 0 Å². The standard InChI is InChI=1S/C22H21FN4O2S/c23-18-11-14(7-8-16(18)15-12-26-21(25)27-13-15)17-5-1-2-6-19(17)30(29)22(20(24)28)9-3-4-10-22/h1-2,5-8,11-13H,3-4,9-10H2,(H2,24,28)(H2,25,26,27). The van der Waals surface area contributed by atoms with Crippen molar-refractivity contribution in [3.05, 3.63) is 60.7 Å². The van der Waals surface area contributed by atoms with E-state index in [-0.39, 0.29) is 5.95 Å². The quantitative estimate of drug-likeness (QED) is 0.652. The van der Waals surface area contributed by atoms with Crippen molar-refractivity contribution in [1.29, 1.82) is 0 Å². The normalized spacial score (nSPS) is 16.3. The predicted molar refractivity (Wildman–Crippen MR) is 114 cm³/mol. The summed E-state index contributed by atoms with van der Waals surface area (Å²) >= 11 is 0. The molecule has 1 unspecified atom stereocenters. The first-order valence-corrected chi connectivity index (χ1v) is 10.8. The molecule has 0 saturated heterocycles. The average Bonchev–Trinajstić information content (AvgIpc) is 3.25. The Morgan fingerprint density at radius 2 is 1.67 bits per heavy atom. The number of benzene rings is 2. The van der Waals surface area contributed by atoms with Crippen molar-refractivity contribution in [2.24, 2.45) is 5.73 Å². The van der Waals surface area contributed by atoms with E-state index in [1.807, 2.05) is 0 Å². The van der Waals surface area contributed by atoms with Crippen LogP contribution in [0.4, 0.5) is 10.3 Å². The summed E-state index contributed by atoms with van der Waals surface area (Å²) < 4.78 is 27.3. The molecule has 1 saturated carbocycles. The summed E-state index contributed by atoms with van der Waals surface area (Å²) in [7, 11) is -1.64. The van der Waals surface area contributed by atoms with Crippen molar-refractivity contribution in [2.75, 3.05) is 5.73 Å². The van der Waals surface area contributed by atoms with Crippen molar-refractivity contribution < 1.29 is 13.4 Å². The summed E-state index contributed by atoms with van der Waals surface area (Å²) in [4.78, 5) is 20.5. The molecular weight excluding hydrogens is 403 g/mol. The zero-order valence-electron chi connectivity index (χ0n) is 16.2. The number of nitrogens with zero attached hydrogens (tertiary/aromatic N) is 2. The number of amides is 1. The zero-order chi connectivity index (χ0) is 21.3. The van der Waals surface area contributed by atoms with E-state index in [4.69, 9.17) is 11.5 Å². The molecule has 154 valence electrons. The first-order valence-electron chi connectivity index (χ1n) is 9.61. The van der Waals surface area contributed by atoms with Crippen LogP contribution in [-0.4, -0.2) is 24.8 Å². The van der Waals surface area contributed by atoms with Crippen LogP contribution in [0.3, 0.4) is 0 Å². The SMILES string of the molecule is NC(=O)C1(S(=O)c2ccccc2-c2ccc(-c3cnc(N)nc3)c(F)c2)CCCC1. The Morgan fingerprint density at radius 1 is 1.00 bits per heavy atom. The Balaban J connectivity index is 1.76. The Kier molecular flexibility index (Phi) is 5.34. The monoisotopic (exact) mass is 424 g/mol. The number of halogens is 1. The number of hydrogen-bond acceptors (Lipinski definition) is 5. The van der Waals surface area contributed by atoms with Gasteiger partial charge in [0.05, 0.1) is 10.8 Å².